The molecule has 2 aliphatic rings. The molecule has 1 unspecified atom stereocenters. The fourth-order valence-corrected chi connectivity index (χ4v) is 3.21. The van der Waals surface area contributed by atoms with Gasteiger partial charge in [-0.3, -0.25) is 9.88 Å². The van der Waals surface area contributed by atoms with Gasteiger partial charge in [-0.2, -0.15) is 0 Å². The van der Waals surface area contributed by atoms with Crippen LogP contribution in [0.3, 0.4) is 0 Å². The van der Waals surface area contributed by atoms with E-state index in [2.05, 4.69) is 27.3 Å². The molecule has 2 heterocycles. The van der Waals surface area contributed by atoms with Gasteiger partial charge in [0.25, 0.3) is 0 Å². The number of rotatable bonds is 5. The summed E-state index contributed by atoms with van der Waals surface area (Å²) in [7, 11) is 0. The van der Waals surface area contributed by atoms with Crippen molar-refractivity contribution in [2.75, 3.05) is 32.8 Å². The second kappa shape index (κ2) is 5.57. The first-order chi connectivity index (χ1) is 9.32. The Bertz CT molecular complexity index is 403. The molecule has 104 valence electrons. The Morgan fingerprint density at radius 2 is 2.16 bits per heavy atom. The maximum atomic E-state index is 9.06. The lowest BCUT2D eigenvalue weighted by atomic mass is 9.95. The van der Waals surface area contributed by atoms with E-state index in [9.17, 15) is 0 Å². The quantitative estimate of drug-likeness (QED) is 0.822. The van der Waals surface area contributed by atoms with Crippen LogP contribution in [0.1, 0.15) is 24.8 Å². The zero-order valence-corrected chi connectivity index (χ0v) is 11.4. The Labute approximate surface area is 114 Å². The molecule has 1 aromatic heterocycles. The standard InChI is InChI=1S/C15H23N3O/c19-10-3-14-11-18(9-8-17-14)12-15(4-5-15)13-1-6-16-7-2-13/h1-2,6-7,14,17,19H,3-5,8-12H2. The maximum Gasteiger partial charge on any atom is 0.0446 e. The Morgan fingerprint density at radius 1 is 1.37 bits per heavy atom. The molecule has 0 amide bonds. The lowest BCUT2D eigenvalue weighted by Gasteiger charge is -2.36. The molecule has 1 aliphatic carbocycles. The molecule has 1 saturated heterocycles. The number of aromatic nitrogens is 1. The molecule has 0 spiro atoms. The summed E-state index contributed by atoms with van der Waals surface area (Å²) in [5.74, 6) is 0. The van der Waals surface area contributed by atoms with Crippen molar-refractivity contribution in [3.05, 3.63) is 30.1 Å². The van der Waals surface area contributed by atoms with Gasteiger partial charge in [0.2, 0.25) is 0 Å². The van der Waals surface area contributed by atoms with Crippen molar-refractivity contribution in [3.63, 3.8) is 0 Å². The number of nitrogens with zero attached hydrogens (tertiary/aromatic N) is 2. The molecule has 1 aliphatic heterocycles. The third kappa shape index (κ3) is 2.96. The van der Waals surface area contributed by atoms with Crippen LogP contribution < -0.4 is 5.32 Å². The predicted molar refractivity (Wildman–Crippen MR) is 75.1 cm³/mol. The van der Waals surface area contributed by atoms with Crippen LogP contribution in [0.5, 0.6) is 0 Å². The highest BCUT2D eigenvalue weighted by Gasteiger charge is 2.45. The first-order valence-corrected chi connectivity index (χ1v) is 7.29. The van der Waals surface area contributed by atoms with Crippen LogP contribution in [0.25, 0.3) is 0 Å². The van der Waals surface area contributed by atoms with Gasteiger partial charge < -0.3 is 10.4 Å². The minimum Gasteiger partial charge on any atom is -0.396 e. The van der Waals surface area contributed by atoms with Gasteiger partial charge in [0.15, 0.2) is 0 Å². The minimum atomic E-state index is 0.279. The molecule has 0 aromatic carbocycles. The largest absolute Gasteiger partial charge is 0.396 e. The zero-order chi connectivity index (χ0) is 13.1. The summed E-state index contributed by atoms with van der Waals surface area (Å²) < 4.78 is 0. The third-order valence-corrected chi connectivity index (χ3v) is 4.49. The van der Waals surface area contributed by atoms with Gasteiger partial charge in [-0.05, 0) is 37.0 Å². The summed E-state index contributed by atoms with van der Waals surface area (Å²) in [5, 5.41) is 12.5. The second-order valence-electron chi connectivity index (χ2n) is 5.91. The van der Waals surface area contributed by atoms with E-state index in [1.165, 1.54) is 18.4 Å². The summed E-state index contributed by atoms with van der Waals surface area (Å²) in [6, 6.07) is 4.79. The van der Waals surface area contributed by atoms with Gasteiger partial charge in [-0.25, -0.2) is 0 Å². The molecule has 3 rings (SSSR count). The van der Waals surface area contributed by atoms with Crippen molar-refractivity contribution in [1.82, 2.24) is 15.2 Å². The summed E-state index contributed by atoms with van der Waals surface area (Å²) in [6.07, 6.45) is 7.26. The Morgan fingerprint density at radius 3 is 2.84 bits per heavy atom. The number of nitrogens with one attached hydrogen (secondary N) is 1. The molecule has 19 heavy (non-hydrogen) atoms. The van der Waals surface area contributed by atoms with Crippen LogP contribution in [0, 0.1) is 0 Å². The van der Waals surface area contributed by atoms with E-state index in [0.29, 0.717) is 11.5 Å². The maximum absolute atomic E-state index is 9.06. The van der Waals surface area contributed by atoms with Gasteiger partial charge in [0.1, 0.15) is 0 Å². The van der Waals surface area contributed by atoms with Crippen molar-refractivity contribution in [2.24, 2.45) is 0 Å². The summed E-state index contributed by atoms with van der Waals surface area (Å²) >= 11 is 0. The first kappa shape index (κ1) is 13.0. The van der Waals surface area contributed by atoms with Gasteiger partial charge in [-0.1, -0.05) is 0 Å². The zero-order valence-electron chi connectivity index (χ0n) is 11.4. The molecule has 2 fully saturated rings. The average Bonchev–Trinajstić information content (AvgIpc) is 3.22. The highest BCUT2D eigenvalue weighted by Crippen LogP contribution is 2.48. The van der Waals surface area contributed by atoms with Crippen molar-refractivity contribution < 1.29 is 5.11 Å². The fourth-order valence-electron chi connectivity index (χ4n) is 3.21. The van der Waals surface area contributed by atoms with Crippen LogP contribution in [-0.2, 0) is 5.41 Å². The number of hydrogen-bond donors (Lipinski definition) is 2. The van der Waals surface area contributed by atoms with E-state index in [1.54, 1.807) is 0 Å². The molecule has 1 atom stereocenters. The first-order valence-electron chi connectivity index (χ1n) is 7.29. The molecule has 1 saturated carbocycles. The summed E-state index contributed by atoms with van der Waals surface area (Å²) in [5.41, 5.74) is 1.82. The summed E-state index contributed by atoms with van der Waals surface area (Å²) in [4.78, 5) is 6.68. The van der Waals surface area contributed by atoms with Crippen LogP contribution in [0.15, 0.2) is 24.5 Å². The van der Waals surface area contributed by atoms with Gasteiger partial charge in [-0.15, -0.1) is 0 Å². The van der Waals surface area contributed by atoms with Crippen molar-refractivity contribution in [2.45, 2.75) is 30.7 Å². The lowest BCUT2D eigenvalue weighted by molar-refractivity contribution is 0.162. The van der Waals surface area contributed by atoms with Crippen LogP contribution in [0.4, 0.5) is 0 Å². The fraction of sp³-hybridized carbons (Fsp3) is 0.667. The number of pyridine rings is 1. The van der Waals surface area contributed by atoms with Crippen molar-refractivity contribution in [3.8, 4) is 0 Å². The Hall–Kier alpha value is -0.970. The summed E-state index contributed by atoms with van der Waals surface area (Å²) in [6.45, 7) is 4.65. The number of piperazine rings is 1. The third-order valence-electron chi connectivity index (χ3n) is 4.49. The molecular formula is C15H23N3O. The van der Waals surface area contributed by atoms with Crippen molar-refractivity contribution in [1.29, 1.82) is 0 Å². The topological polar surface area (TPSA) is 48.4 Å². The van der Waals surface area contributed by atoms with E-state index in [-0.39, 0.29) is 6.61 Å². The number of aliphatic hydroxyl groups is 1. The van der Waals surface area contributed by atoms with E-state index in [1.807, 2.05) is 12.4 Å². The molecule has 2 N–H and O–H groups in total. The van der Waals surface area contributed by atoms with E-state index >= 15 is 0 Å². The molecule has 0 bridgehead atoms. The van der Waals surface area contributed by atoms with E-state index < -0.39 is 0 Å². The van der Waals surface area contributed by atoms with Crippen LogP contribution in [0.2, 0.25) is 0 Å². The second-order valence-corrected chi connectivity index (χ2v) is 5.91. The van der Waals surface area contributed by atoms with Gasteiger partial charge >= 0.3 is 0 Å². The molecule has 4 nitrogen and oxygen atoms in total. The van der Waals surface area contributed by atoms with E-state index in [4.69, 9.17) is 5.11 Å². The molecular weight excluding hydrogens is 238 g/mol. The lowest BCUT2D eigenvalue weighted by Crippen LogP contribution is -2.52. The smallest absolute Gasteiger partial charge is 0.0446 e. The van der Waals surface area contributed by atoms with Gasteiger partial charge in [0.05, 0.1) is 0 Å². The average molecular weight is 261 g/mol. The van der Waals surface area contributed by atoms with Gasteiger partial charge in [0, 0.05) is 56.6 Å². The molecule has 1 aromatic rings. The monoisotopic (exact) mass is 261 g/mol. The highest BCUT2D eigenvalue weighted by atomic mass is 16.3. The predicted octanol–water partition coefficient (Wildman–Crippen LogP) is 0.769. The molecule has 4 heteroatoms. The normalized spacial score (nSPS) is 26.3. The number of hydrogen-bond acceptors (Lipinski definition) is 4. The SMILES string of the molecule is OCCC1CN(CC2(c3ccncc3)CC2)CCN1. The van der Waals surface area contributed by atoms with Crippen LogP contribution >= 0.6 is 0 Å². The highest BCUT2D eigenvalue weighted by molar-refractivity contribution is 5.30. The molecule has 0 radical (unpaired) electrons. The van der Waals surface area contributed by atoms with E-state index in [0.717, 1.165) is 32.6 Å². The minimum absolute atomic E-state index is 0.279. The Kier molecular flexibility index (Phi) is 3.82. The van der Waals surface area contributed by atoms with Crippen molar-refractivity contribution >= 4 is 0 Å². The Balaban J connectivity index is 1.62. The number of aliphatic hydroxyl groups excluding tert-OH is 1. The van der Waals surface area contributed by atoms with Crippen LogP contribution in [-0.4, -0.2) is 53.8 Å².